The van der Waals surface area contributed by atoms with Crippen molar-refractivity contribution in [2.45, 2.75) is 26.7 Å². The molecule has 2 rings (SSSR count). The van der Waals surface area contributed by atoms with Crippen molar-refractivity contribution in [3.8, 4) is 5.75 Å². The monoisotopic (exact) mass is 231 g/mol. The van der Waals surface area contributed by atoms with Crippen molar-refractivity contribution in [3.63, 3.8) is 0 Å². The molecule has 0 radical (unpaired) electrons. The van der Waals surface area contributed by atoms with E-state index < -0.39 is 0 Å². The second-order valence-electron chi connectivity index (χ2n) is 4.51. The summed E-state index contributed by atoms with van der Waals surface area (Å²) in [5.41, 5.74) is 3.17. The highest BCUT2D eigenvalue weighted by Gasteiger charge is 2.16. The lowest BCUT2D eigenvalue weighted by Gasteiger charge is -2.06. The number of carbonyl (C=O) groups excluding carboxylic acids is 1. The van der Waals surface area contributed by atoms with E-state index in [0.717, 1.165) is 28.8 Å². The number of hydrogen-bond acceptors (Lipinski definition) is 2. The lowest BCUT2D eigenvalue weighted by atomic mass is 10.00. The first kappa shape index (κ1) is 11.7. The van der Waals surface area contributed by atoms with E-state index >= 15 is 0 Å². The Labute approximate surface area is 101 Å². The number of aromatic nitrogens is 1. The Kier molecular flexibility index (Phi) is 2.92. The maximum absolute atomic E-state index is 11.2. The van der Waals surface area contributed by atoms with E-state index in [2.05, 4.69) is 13.8 Å². The molecule has 0 amide bonds. The molecule has 3 nitrogen and oxygen atoms in total. The third-order valence-corrected chi connectivity index (χ3v) is 3.19. The average molecular weight is 231 g/mol. The van der Waals surface area contributed by atoms with E-state index in [1.165, 1.54) is 5.56 Å². The van der Waals surface area contributed by atoms with Crippen LogP contribution in [0.2, 0.25) is 0 Å². The van der Waals surface area contributed by atoms with Gasteiger partial charge in [-0.25, -0.2) is 0 Å². The summed E-state index contributed by atoms with van der Waals surface area (Å²) in [6.07, 6.45) is 0.871. The molecular weight excluding hydrogens is 214 g/mol. The van der Waals surface area contributed by atoms with Gasteiger partial charge in [-0.05, 0) is 36.6 Å². The molecule has 0 fully saturated rings. The summed E-state index contributed by atoms with van der Waals surface area (Å²) < 4.78 is 6.94. The highest BCUT2D eigenvalue weighted by molar-refractivity contribution is 5.91. The number of hydrogen-bond donors (Lipinski definition) is 0. The van der Waals surface area contributed by atoms with Crippen LogP contribution in [0.15, 0.2) is 18.2 Å². The number of rotatable bonds is 3. The molecule has 90 valence electrons. The number of fused-ring (bicyclic) bond motifs is 1. The van der Waals surface area contributed by atoms with Gasteiger partial charge in [0.1, 0.15) is 5.75 Å². The predicted octanol–water partition coefficient (Wildman–Crippen LogP) is 3.12. The van der Waals surface area contributed by atoms with Gasteiger partial charge in [-0.15, -0.1) is 0 Å². The molecule has 17 heavy (non-hydrogen) atoms. The first-order valence-electron chi connectivity index (χ1n) is 5.73. The number of nitrogens with zero attached hydrogens (tertiary/aromatic N) is 1. The molecule has 0 N–H and O–H groups in total. The summed E-state index contributed by atoms with van der Waals surface area (Å²) in [6.45, 7) is 6.25. The van der Waals surface area contributed by atoms with Crippen LogP contribution in [-0.4, -0.2) is 18.1 Å². The Morgan fingerprint density at radius 2 is 2.06 bits per heavy atom. The van der Waals surface area contributed by atoms with Gasteiger partial charge in [-0.1, -0.05) is 13.8 Å². The quantitative estimate of drug-likeness (QED) is 0.760. The third-order valence-electron chi connectivity index (χ3n) is 3.19. The maximum atomic E-state index is 11.2. The Morgan fingerprint density at radius 1 is 1.35 bits per heavy atom. The van der Waals surface area contributed by atoms with E-state index in [9.17, 15) is 4.79 Å². The summed E-state index contributed by atoms with van der Waals surface area (Å²) in [4.78, 5) is 11.2. The molecule has 0 aliphatic rings. The van der Waals surface area contributed by atoms with E-state index in [4.69, 9.17) is 4.74 Å². The topological polar surface area (TPSA) is 31.2 Å². The summed E-state index contributed by atoms with van der Waals surface area (Å²) in [7, 11) is 1.65. The van der Waals surface area contributed by atoms with Crippen molar-refractivity contribution >= 4 is 17.3 Å². The normalized spacial score (nSPS) is 11.1. The van der Waals surface area contributed by atoms with Gasteiger partial charge in [-0.2, -0.15) is 0 Å². The minimum absolute atomic E-state index is 0.380. The first-order valence-corrected chi connectivity index (χ1v) is 5.73. The molecule has 1 aromatic heterocycles. The smallest absolute Gasteiger partial charge is 0.218 e. The second-order valence-corrected chi connectivity index (χ2v) is 4.51. The SMILES string of the molecule is COc1ccc2c(c1)c(C(C)C)c(C)n2C=O. The van der Waals surface area contributed by atoms with Gasteiger partial charge < -0.3 is 4.74 Å². The van der Waals surface area contributed by atoms with Crippen LogP contribution in [0.25, 0.3) is 10.9 Å². The molecule has 0 bridgehead atoms. The van der Waals surface area contributed by atoms with Crippen LogP contribution in [0.3, 0.4) is 0 Å². The van der Waals surface area contributed by atoms with Crippen LogP contribution < -0.4 is 4.74 Å². The molecule has 0 atom stereocenters. The third kappa shape index (κ3) is 1.71. The van der Waals surface area contributed by atoms with Gasteiger partial charge in [-0.3, -0.25) is 9.36 Å². The molecular formula is C14H17NO2. The second kappa shape index (κ2) is 4.24. The minimum atomic E-state index is 0.380. The van der Waals surface area contributed by atoms with Gasteiger partial charge in [0.2, 0.25) is 6.41 Å². The van der Waals surface area contributed by atoms with Crippen molar-refractivity contribution in [1.29, 1.82) is 0 Å². The van der Waals surface area contributed by atoms with Crippen LogP contribution in [0.4, 0.5) is 0 Å². The zero-order valence-electron chi connectivity index (χ0n) is 10.7. The fraction of sp³-hybridized carbons (Fsp3) is 0.357. The average Bonchev–Trinajstić information content (AvgIpc) is 2.59. The highest BCUT2D eigenvalue weighted by Crippen LogP contribution is 2.33. The van der Waals surface area contributed by atoms with E-state index in [0.29, 0.717) is 5.92 Å². The van der Waals surface area contributed by atoms with E-state index in [1.807, 2.05) is 25.1 Å². The number of ether oxygens (including phenoxy) is 1. The van der Waals surface area contributed by atoms with Crippen LogP contribution >= 0.6 is 0 Å². The zero-order valence-corrected chi connectivity index (χ0v) is 10.7. The number of methoxy groups -OCH3 is 1. The van der Waals surface area contributed by atoms with Crippen molar-refractivity contribution in [3.05, 3.63) is 29.5 Å². The summed E-state index contributed by atoms with van der Waals surface area (Å²) in [6, 6.07) is 5.81. The summed E-state index contributed by atoms with van der Waals surface area (Å²) >= 11 is 0. The molecule has 0 aliphatic carbocycles. The lowest BCUT2D eigenvalue weighted by Crippen LogP contribution is -1.98. The van der Waals surface area contributed by atoms with Crippen molar-refractivity contribution in [2.75, 3.05) is 7.11 Å². The summed E-state index contributed by atoms with van der Waals surface area (Å²) in [5.74, 6) is 1.20. The molecule has 0 spiro atoms. The van der Waals surface area contributed by atoms with Gasteiger partial charge >= 0.3 is 0 Å². The van der Waals surface area contributed by atoms with E-state index in [-0.39, 0.29) is 0 Å². The van der Waals surface area contributed by atoms with Gasteiger partial charge in [0.25, 0.3) is 0 Å². The largest absolute Gasteiger partial charge is 0.497 e. The van der Waals surface area contributed by atoms with Crippen molar-refractivity contribution < 1.29 is 9.53 Å². The lowest BCUT2D eigenvalue weighted by molar-refractivity contribution is 0.415. The Morgan fingerprint density at radius 3 is 2.59 bits per heavy atom. The fourth-order valence-corrected chi connectivity index (χ4v) is 2.44. The van der Waals surface area contributed by atoms with Crippen molar-refractivity contribution in [2.24, 2.45) is 0 Å². The molecule has 0 unspecified atom stereocenters. The molecule has 2 aromatic rings. The van der Waals surface area contributed by atoms with E-state index in [1.54, 1.807) is 11.7 Å². The Bertz CT molecular complexity index is 567. The van der Waals surface area contributed by atoms with Crippen LogP contribution in [-0.2, 0) is 4.79 Å². The van der Waals surface area contributed by atoms with Crippen LogP contribution in [0.1, 0.15) is 31.0 Å². The molecule has 0 saturated heterocycles. The zero-order chi connectivity index (χ0) is 12.6. The molecule has 1 heterocycles. The Balaban J connectivity index is 2.85. The molecule has 0 saturated carbocycles. The minimum Gasteiger partial charge on any atom is -0.497 e. The standard InChI is InChI=1S/C14H17NO2/c1-9(2)14-10(3)15(8-16)13-6-5-11(17-4)7-12(13)14/h5-9H,1-4H3. The number of carbonyl (C=O) groups is 1. The number of benzene rings is 1. The molecule has 3 heteroatoms. The maximum Gasteiger partial charge on any atom is 0.218 e. The van der Waals surface area contributed by atoms with Gasteiger partial charge in [0, 0.05) is 11.1 Å². The fourth-order valence-electron chi connectivity index (χ4n) is 2.44. The van der Waals surface area contributed by atoms with Crippen LogP contribution in [0.5, 0.6) is 5.75 Å². The Hall–Kier alpha value is -1.77. The summed E-state index contributed by atoms with van der Waals surface area (Å²) in [5, 5.41) is 1.10. The highest BCUT2D eigenvalue weighted by atomic mass is 16.5. The first-order chi connectivity index (χ1) is 8.10. The van der Waals surface area contributed by atoms with Gasteiger partial charge in [0.05, 0.1) is 12.6 Å². The van der Waals surface area contributed by atoms with Gasteiger partial charge in [0.15, 0.2) is 0 Å². The van der Waals surface area contributed by atoms with Crippen LogP contribution in [0, 0.1) is 6.92 Å². The molecule has 0 aliphatic heterocycles. The molecule has 1 aromatic carbocycles. The van der Waals surface area contributed by atoms with Crippen molar-refractivity contribution in [1.82, 2.24) is 4.57 Å². The predicted molar refractivity (Wildman–Crippen MR) is 69.5 cm³/mol.